The third-order valence-corrected chi connectivity index (χ3v) is 2.09. The standard InChI is InChI=1S/C7H13NO3/c1-11-7(10)5-2-4(9)3-6(5)8/h4-6,9H,2-3,8H2,1H3/t4-,5+,6+/m0/s1. The molecule has 0 radical (unpaired) electrons. The van der Waals surface area contributed by atoms with Gasteiger partial charge in [-0.25, -0.2) is 0 Å². The van der Waals surface area contributed by atoms with Crippen molar-refractivity contribution in [2.75, 3.05) is 7.11 Å². The van der Waals surface area contributed by atoms with E-state index in [9.17, 15) is 4.79 Å². The minimum Gasteiger partial charge on any atom is -0.469 e. The van der Waals surface area contributed by atoms with Crippen LogP contribution >= 0.6 is 0 Å². The van der Waals surface area contributed by atoms with Crippen LogP contribution in [-0.2, 0) is 9.53 Å². The first kappa shape index (κ1) is 8.49. The molecule has 0 aromatic rings. The van der Waals surface area contributed by atoms with E-state index in [4.69, 9.17) is 10.8 Å². The predicted octanol–water partition coefficient (Wildman–Crippen LogP) is -0.742. The van der Waals surface area contributed by atoms with Crippen molar-refractivity contribution >= 4 is 5.97 Å². The van der Waals surface area contributed by atoms with E-state index < -0.39 is 6.10 Å². The Kier molecular flexibility index (Phi) is 2.46. The Balaban J connectivity index is 2.52. The van der Waals surface area contributed by atoms with Crippen LogP contribution < -0.4 is 5.73 Å². The van der Waals surface area contributed by atoms with Crippen LogP contribution in [0.15, 0.2) is 0 Å². The lowest BCUT2D eigenvalue weighted by atomic mass is 10.1. The zero-order valence-electron chi connectivity index (χ0n) is 6.49. The highest BCUT2D eigenvalue weighted by molar-refractivity contribution is 5.73. The smallest absolute Gasteiger partial charge is 0.310 e. The Morgan fingerprint density at radius 1 is 1.64 bits per heavy atom. The van der Waals surface area contributed by atoms with E-state index in [2.05, 4.69) is 4.74 Å². The van der Waals surface area contributed by atoms with E-state index in [1.807, 2.05) is 0 Å². The van der Waals surface area contributed by atoms with Crippen molar-refractivity contribution in [2.24, 2.45) is 11.7 Å². The zero-order valence-corrected chi connectivity index (χ0v) is 6.49. The summed E-state index contributed by atoms with van der Waals surface area (Å²) in [7, 11) is 1.33. The van der Waals surface area contributed by atoms with Gasteiger partial charge in [0, 0.05) is 6.04 Å². The zero-order chi connectivity index (χ0) is 8.43. The molecule has 1 fully saturated rings. The molecule has 0 saturated heterocycles. The molecule has 1 aliphatic carbocycles. The lowest BCUT2D eigenvalue weighted by molar-refractivity contribution is -0.145. The third-order valence-electron chi connectivity index (χ3n) is 2.09. The van der Waals surface area contributed by atoms with Gasteiger partial charge in [0.25, 0.3) is 0 Å². The van der Waals surface area contributed by atoms with E-state index in [1.165, 1.54) is 7.11 Å². The minimum atomic E-state index is -0.436. The number of hydrogen-bond donors (Lipinski definition) is 2. The fourth-order valence-corrected chi connectivity index (χ4v) is 1.46. The number of carbonyl (C=O) groups excluding carboxylic acids is 1. The molecule has 0 spiro atoms. The molecule has 3 atom stereocenters. The molecule has 0 amide bonds. The van der Waals surface area contributed by atoms with Gasteiger partial charge in [-0.1, -0.05) is 0 Å². The molecule has 3 N–H and O–H groups in total. The van der Waals surface area contributed by atoms with Crippen LogP contribution in [-0.4, -0.2) is 30.3 Å². The van der Waals surface area contributed by atoms with Crippen molar-refractivity contribution in [3.8, 4) is 0 Å². The van der Waals surface area contributed by atoms with E-state index in [-0.39, 0.29) is 17.9 Å². The number of aliphatic hydroxyl groups is 1. The first-order chi connectivity index (χ1) is 5.15. The number of rotatable bonds is 1. The van der Waals surface area contributed by atoms with Crippen LogP contribution in [0.1, 0.15) is 12.8 Å². The molecule has 0 aromatic heterocycles. The van der Waals surface area contributed by atoms with Crippen LogP contribution in [0.2, 0.25) is 0 Å². The SMILES string of the molecule is COC(=O)[C@@H]1C[C@H](O)C[C@H]1N. The summed E-state index contributed by atoms with van der Waals surface area (Å²) >= 11 is 0. The van der Waals surface area contributed by atoms with Crippen LogP contribution in [0.5, 0.6) is 0 Å². The van der Waals surface area contributed by atoms with Crippen molar-refractivity contribution in [2.45, 2.75) is 25.0 Å². The second-order valence-electron chi connectivity index (χ2n) is 2.92. The maximum atomic E-state index is 11.0. The Labute approximate surface area is 65.3 Å². The Morgan fingerprint density at radius 2 is 2.27 bits per heavy atom. The highest BCUT2D eigenvalue weighted by Gasteiger charge is 2.36. The molecule has 64 valence electrons. The fourth-order valence-electron chi connectivity index (χ4n) is 1.46. The first-order valence-electron chi connectivity index (χ1n) is 3.66. The van der Waals surface area contributed by atoms with Gasteiger partial charge in [-0.15, -0.1) is 0 Å². The number of esters is 1. The van der Waals surface area contributed by atoms with Crippen molar-refractivity contribution < 1.29 is 14.6 Å². The molecule has 0 unspecified atom stereocenters. The number of aliphatic hydroxyl groups excluding tert-OH is 1. The Bertz CT molecular complexity index is 160. The Hall–Kier alpha value is -0.610. The number of carbonyl (C=O) groups is 1. The minimum absolute atomic E-state index is 0.238. The number of nitrogens with two attached hydrogens (primary N) is 1. The molecule has 1 saturated carbocycles. The van der Waals surface area contributed by atoms with Crippen LogP contribution in [0.3, 0.4) is 0 Å². The molecule has 4 nitrogen and oxygen atoms in total. The summed E-state index contributed by atoms with van der Waals surface area (Å²) in [6.07, 6.45) is 0.502. The summed E-state index contributed by atoms with van der Waals surface area (Å²) in [6, 6.07) is -0.238. The first-order valence-corrected chi connectivity index (χ1v) is 3.66. The molecule has 0 aliphatic heterocycles. The molecule has 4 heteroatoms. The molecule has 1 aliphatic rings. The van der Waals surface area contributed by atoms with Crippen LogP contribution in [0, 0.1) is 5.92 Å². The molecular formula is C7H13NO3. The van der Waals surface area contributed by atoms with Gasteiger partial charge in [-0.05, 0) is 12.8 Å². The molecule has 0 bridgehead atoms. The molecule has 0 aromatic carbocycles. The monoisotopic (exact) mass is 159 g/mol. The van der Waals surface area contributed by atoms with Gasteiger partial charge < -0.3 is 15.6 Å². The van der Waals surface area contributed by atoms with Gasteiger partial charge >= 0.3 is 5.97 Å². The van der Waals surface area contributed by atoms with Crippen molar-refractivity contribution in [1.82, 2.24) is 0 Å². The largest absolute Gasteiger partial charge is 0.469 e. The van der Waals surface area contributed by atoms with Gasteiger partial charge in [-0.2, -0.15) is 0 Å². The average molecular weight is 159 g/mol. The summed E-state index contributed by atoms with van der Waals surface area (Å²) in [4.78, 5) is 11.0. The van der Waals surface area contributed by atoms with Crippen LogP contribution in [0.25, 0.3) is 0 Å². The normalized spacial score (nSPS) is 37.2. The van der Waals surface area contributed by atoms with Gasteiger partial charge in [0.05, 0.1) is 19.1 Å². The maximum Gasteiger partial charge on any atom is 0.310 e. The van der Waals surface area contributed by atoms with Crippen molar-refractivity contribution in [3.63, 3.8) is 0 Å². The number of ether oxygens (including phenoxy) is 1. The lowest BCUT2D eigenvalue weighted by Gasteiger charge is -2.10. The molecule has 1 rings (SSSR count). The fraction of sp³-hybridized carbons (Fsp3) is 0.857. The van der Waals surface area contributed by atoms with Crippen LogP contribution in [0.4, 0.5) is 0 Å². The van der Waals surface area contributed by atoms with E-state index in [0.29, 0.717) is 12.8 Å². The average Bonchev–Trinajstić information content (AvgIpc) is 2.28. The lowest BCUT2D eigenvalue weighted by Crippen LogP contribution is -2.31. The van der Waals surface area contributed by atoms with E-state index >= 15 is 0 Å². The summed E-state index contributed by atoms with van der Waals surface area (Å²) in [5.74, 6) is -0.621. The number of methoxy groups -OCH3 is 1. The summed E-state index contributed by atoms with van der Waals surface area (Å²) in [6.45, 7) is 0. The van der Waals surface area contributed by atoms with Gasteiger partial charge in [0.15, 0.2) is 0 Å². The highest BCUT2D eigenvalue weighted by atomic mass is 16.5. The predicted molar refractivity (Wildman–Crippen MR) is 38.7 cm³/mol. The van der Waals surface area contributed by atoms with Crippen molar-refractivity contribution in [3.05, 3.63) is 0 Å². The summed E-state index contributed by atoms with van der Waals surface area (Å²) < 4.78 is 4.52. The van der Waals surface area contributed by atoms with Gasteiger partial charge in [0.2, 0.25) is 0 Å². The molecule has 11 heavy (non-hydrogen) atoms. The third kappa shape index (κ3) is 1.70. The molecule has 0 heterocycles. The maximum absolute atomic E-state index is 11.0. The van der Waals surface area contributed by atoms with Gasteiger partial charge in [0.1, 0.15) is 0 Å². The second kappa shape index (κ2) is 3.19. The number of hydrogen-bond acceptors (Lipinski definition) is 4. The van der Waals surface area contributed by atoms with E-state index in [0.717, 1.165) is 0 Å². The summed E-state index contributed by atoms with van der Waals surface area (Å²) in [5.41, 5.74) is 5.59. The Morgan fingerprint density at radius 3 is 2.64 bits per heavy atom. The van der Waals surface area contributed by atoms with Gasteiger partial charge in [-0.3, -0.25) is 4.79 Å². The quantitative estimate of drug-likeness (QED) is 0.494. The topological polar surface area (TPSA) is 72.5 Å². The molecular weight excluding hydrogens is 146 g/mol. The van der Waals surface area contributed by atoms with E-state index in [1.54, 1.807) is 0 Å². The highest BCUT2D eigenvalue weighted by Crippen LogP contribution is 2.25. The van der Waals surface area contributed by atoms with Crippen molar-refractivity contribution in [1.29, 1.82) is 0 Å². The second-order valence-corrected chi connectivity index (χ2v) is 2.92. The summed E-state index contributed by atoms with van der Waals surface area (Å²) in [5, 5.41) is 9.13.